The van der Waals surface area contributed by atoms with Gasteiger partial charge in [-0.1, -0.05) is 66.7 Å². The van der Waals surface area contributed by atoms with Crippen LogP contribution in [0.2, 0.25) is 0 Å². The minimum atomic E-state index is -0.777. The van der Waals surface area contributed by atoms with Gasteiger partial charge in [0.2, 0.25) is 5.91 Å². The summed E-state index contributed by atoms with van der Waals surface area (Å²) in [6, 6.07) is 21.1. The molecule has 0 aliphatic heterocycles. The van der Waals surface area contributed by atoms with E-state index in [4.69, 9.17) is 4.74 Å². The lowest BCUT2D eigenvalue weighted by atomic mass is 9.83. The summed E-state index contributed by atoms with van der Waals surface area (Å²) in [5.74, 6) is -0.535. The lowest BCUT2D eigenvalue weighted by Crippen LogP contribution is -2.52. The van der Waals surface area contributed by atoms with E-state index in [1.165, 1.54) is 0 Å². The first-order valence-electron chi connectivity index (χ1n) is 14.5. The van der Waals surface area contributed by atoms with E-state index in [0.29, 0.717) is 34.4 Å². The average Bonchev–Trinajstić information content (AvgIpc) is 2.96. The van der Waals surface area contributed by atoms with Crippen molar-refractivity contribution in [3.05, 3.63) is 101 Å². The number of nitrogens with one attached hydrogen (secondary N) is 3. The van der Waals surface area contributed by atoms with Crippen LogP contribution in [0.5, 0.6) is 0 Å². The molecule has 5 rings (SSSR count). The van der Waals surface area contributed by atoms with Crippen molar-refractivity contribution in [3.63, 3.8) is 0 Å². The van der Waals surface area contributed by atoms with Crippen LogP contribution in [0.3, 0.4) is 0 Å². The van der Waals surface area contributed by atoms with Crippen LogP contribution in [0.4, 0.5) is 10.5 Å². The molecule has 42 heavy (non-hydrogen) atoms. The minimum Gasteiger partial charge on any atom is -0.444 e. The molecule has 3 N–H and O–H groups in total. The van der Waals surface area contributed by atoms with Crippen molar-refractivity contribution in [3.8, 4) is 0 Å². The molecule has 218 valence electrons. The van der Waals surface area contributed by atoms with Gasteiger partial charge >= 0.3 is 6.09 Å². The Hall–Kier alpha value is -4.46. The van der Waals surface area contributed by atoms with Crippen LogP contribution in [0.15, 0.2) is 72.8 Å². The van der Waals surface area contributed by atoms with Gasteiger partial charge in [0.1, 0.15) is 11.6 Å². The summed E-state index contributed by atoms with van der Waals surface area (Å²) in [5, 5.41) is 9.39. The molecule has 3 aromatic carbocycles. The molecule has 8 heteroatoms. The lowest BCUT2D eigenvalue weighted by Gasteiger charge is -2.32. The fraction of sp³-hybridized carbons (Fsp3) is 0.353. The minimum absolute atomic E-state index is 0.0472. The molecule has 8 nitrogen and oxygen atoms in total. The topological polar surface area (TPSA) is 114 Å². The molecule has 0 aromatic heterocycles. The number of ketones is 2. The Morgan fingerprint density at radius 2 is 1.38 bits per heavy atom. The van der Waals surface area contributed by atoms with Gasteiger partial charge < -0.3 is 20.7 Å². The van der Waals surface area contributed by atoms with Crippen LogP contribution in [0.1, 0.15) is 83.9 Å². The van der Waals surface area contributed by atoms with Crippen molar-refractivity contribution in [1.29, 1.82) is 0 Å². The number of benzene rings is 3. The normalized spacial score (nSPS) is 18.7. The zero-order valence-corrected chi connectivity index (χ0v) is 24.2. The average molecular weight is 568 g/mol. The van der Waals surface area contributed by atoms with Gasteiger partial charge in [-0.05, 0) is 58.1 Å². The summed E-state index contributed by atoms with van der Waals surface area (Å²) in [4.78, 5) is 52.3. The predicted octanol–water partition coefficient (Wildman–Crippen LogP) is 5.44. The maximum atomic E-state index is 13.4. The van der Waals surface area contributed by atoms with Crippen molar-refractivity contribution in [2.75, 3.05) is 5.32 Å². The van der Waals surface area contributed by atoms with Crippen LogP contribution in [0, 0.1) is 0 Å². The van der Waals surface area contributed by atoms with E-state index in [2.05, 4.69) is 16.0 Å². The third-order valence-electron chi connectivity index (χ3n) is 7.68. The monoisotopic (exact) mass is 567 g/mol. The molecular formula is C34H37N3O5. The van der Waals surface area contributed by atoms with Crippen LogP contribution < -0.4 is 16.0 Å². The molecule has 2 aliphatic carbocycles. The Morgan fingerprint density at radius 1 is 0.786 bits per heavy atom. The van der Waals surface area contributed by atoms with Crippen LogP contribution in [-0.2, 0) is 16.0 Å². The van der Waals surface area contributed by atoms with Gasteiger partial charge in [0.25, 0.3) is 0 Å². The molecule has 3 aromatic rings. The number of carbonyl (C=O) groups is 4. The van der Waals surface area contributed by atoms with Gasteiger partial charge in [0.05, 0.1) is 5.56 Å². The number of ether oxygens (including phenoxy) is 1. The molecule has 1 atom stereocenters. The third-order valence-corrected chi connectivity index (χ3v) is 7.68. The molecule has 0 radical (unpaired) electrons. The number of anilines is 1. The first-order chi connectivity index (χ1) is 20.1. The van der Waals surface area contributed by atoms with E-state index >= 15 is 0 Å². The highest BCUT2D eigenvalue weighted by Gasteiger charge is 2.33. The Kier molecular flexibility index (Phi) is 8.43. The third kappa shape index (κ3) is 6.70. The molecular weight excluding hydrogens is 530 g/mol. The number of alkyl carbamates (subject to hydrolysis) is 1. The highest BCUT2D eigenvalue weighted by molar-refractivity contribution is 6.30. The predicted molar refractivity (Wildman–Crippen MR) is 161 cm³/mol. The van der Waals surface area contributed by atoms with E-state index in [1.54, 1.807) is 57.2 Å². The van der Waals surface area contributed by atoms with Crippen LogP contribution >= 0.6 is 0 Å². The highest BCUT2D eigenvalue weighted by Crippen LogP contribution is 2.33. The summed E-state index contributed by atoms with van der Waals surface area (Å²) in [5.41, 5.74) is 2.64. The molecule has 2 aliphatic rings. The Morgan fingerprint density at radius 3 is 2.05 bits per heavy atom. The number of amides is 2. The zero-order chi connectivity index (χ0) is 29.9. The molecule has 2 amide bonds. The van der Waals surface area contributed by atoms with E-state index in [9.17, 15) is 19.2 Å². The molecule has 1 saturated carbocycles. The molecule has 0 saturated heterocycles. The first kappa shape index (κ1) is 29.0. The first-order valence-corrected chi connectivity index (χ1v) is 14.5. The maximum absolute atomic E-state index is 13.4. The second-order valence-electron chi connectivity index (χ2n) is 12.0. The maximum Gasteiger partial charge on any atom is 0.408 e. The quantitative estimate of drug-likeness (QED) is 0.274. The van der Waals surface area contributed by atoms with Crippen LogP contribution in [-0.4, -0.2) is 47.3 Å². The van der Waals surface area contributed by atoms with E-state index in [1.807, 2.05) is 36.4 Å². The number of carbonyl (C=O) groups excluding carboxylic acids is 4. The van der Waals surface area contributed by atoms with Crippen molar-refractivity contribution in [2.45, 2.75) is 76.6 Å². The van der Waals surface area contributed by atoms with Crippen molar-refractivity contribution in [2.24, 2.45) is 0 Å². The van der Waals surface area contributed by atoms with Gasteiger partial charge in [-0.2, -0.15) is 0 Å². The summed E-state index contributed by atoms with van der Waals surface area (Å²) in [6.07, 6.45) is 2.73. The molecule has 1 fully saturated rings. The lowest BCUT2D eigenvalue weighted by molar-refractivity contribution is -0.124. The van der Waals surface area contributed by atoms with Crippen molar-refractivity contribution in [1.82, 2.24) is 10.6 Å². The van der Waals surface area contributed by atoms with E-state index in [0.717, 1.165) is 31.2 Å². The van der Waals surface area contributed by atoms with Gasteiger partial charge in [-0.25, -0.2) is 4.79 Å². The second kappa shape index (κ2) is 12.2. The Labute approximate surface area is 246 Å². The number of rotatable bonds is 7. The molecule has 0 spiro atoms. The van der Waals surface area contributed by atoms with Crippen molar-refractivity contribution >= 4 is 29.3 Å². The van der Waals surface area contributed by atoms with Gasteiger partial charge in [-0.15, -0.1) is 0 Å². The number of hydrogen-bond donors (Lipinski definition) is 3. The van der Waals surface area contributed by atoms with Gasteiger partial charge in [0.15, 0.2) is 11.6 Å². The number of hydrogen-bond acceptors (Lipinski definition) is 6. The highest BCUT2D eigenvalue weighted by atomic mass is 16.6. The molecule has 0 unspecified atom stereocenters. The summed E-state index contributed by atoms with van der Waals surface area (Å²) in [7, 11) is 0. The number of fused-ring (bicyclic) bond motifs is 2. The van der Waals surface area contributed by atoms with E-state index in [-0.39, 0.29) is 29.6 Å². The van der Waals surface area contributed by atoms with Crippen LogP contribution in [0.25, 0.3) is 0 Å². The largest absolute Gasteiger partial charge is 0.444 e. The van der Waals surface area contributed by atoms with Gasteiger partial charge in [-0.3, -0.25) is 14.4 Å². The standard InChI is InChI=1S/C34H37N3O5/c1-34(2,3)42-33(41)37-28(20-21-10-5-4-6-11-21)32(40)36-23-18-16-22(17-19-23)35-27-15-9-14-26-29(27)31(39)25-13-8-7-12-24(25)30(26)38/h4-15,22-23,28,35H,16-20H2,1-3H3,(H,36,40)(H,37,41)/t22?,23?,28-/m0/s1. The molecule has 0 bridgehead atoms. The van der Waals surface area contributed by atoms with Gasteiger partial charge in [0, 0.05) is 40.9 Å². The zero-order valence-electron chi connectivity index (χ0n) is 24.2. The fourth-order valence-electron chi connectivity index (χ4n) is 5.68. The second-order valence-corrected chi connectivity index (χ2v) is 12.0. The van der Waals surface area contributed by atoms with E-state index < -0.39 is 17.7 Å². The summed E-state index contributed by atoms with van der Waals surface area (Å²) >= 11 is 0. The summed E-state index contributed by atoms with van der Waals surface area (Å²) in [6.45, 7) is 5.34. The van der Waals surface area contributed by atoms with Crippen molar-refractivity contribution < 1.29 is 23.9 Å². The molecule has 0 heterocycles. The Balaban J connectivity index is 1.21. The SMILES string of the molecule is CC(C)(C)OC(=O)N[C@@H](Cc1ccccc1)C(=O)NC1CCC(Nc2cccc3c2C(=O)c2ccccc2C3=O)CC1. The fourth-order valence-corrected chi connectivity index (χ4v) is 5.68. The smallest absolute Gasteiger partial charge is 0.408 e. The summed E-state index contributed by atoms with van der Waals surface area (Å²) < 4.78 is 5.41. The Bertz CT molecular complexity index is 1490.